The molecule has 1 N–H and O–H groups in total. The largest absolute Gasteiger partial charge is 0.346 e. The number of pyridine rings is 1. The van der Waals surface area contributed by atoms with E-state index in [9.17, 15) is 0 Å². The van der Waals surface area contributed by atoms with Crippen LogP contribution in [-0.4, -0.2) is 129 Å². The first-order valence-electron chi connectivity index (χ1n) is 38.9. The van der Waals surface area contributed by atoms with Gasteiger partial charge in [-0.05, 0) is 81.0 Å². The molecule has 604 valence electrons. The fourth-order valence-corrected chi connectivity index (χ4v) is 13.6. The van der Waals surface area contributed by atoms with Crippen molar-refractivity contribution in [3.8, 4) is 0 Å². The van der Waals surface area contributed by atoms with Crippen molar-refractivity contribution in [2.75, 3.05) is 0 Å². The molecule has 26 heteroatoms. The van der Waals surface area contributed by atoms with E-state index in [-0.39, 0.29) is 43.3 Å². The second-order valence-corrected chi connectivity index (χ2v) is 37.8. The molecule has 0 atom stereocenters. The van der Waals surface area contributed by atoms with E-state index in [2.05, 4.69) is 326 Å². The van der Waals surface area contributed by atoms with E-state index in [1.807, 2.05) is 89.2 Å². The summed E-state index contributed by atoms with van der Waals surface area (Å²) >= 11 is 0. The molecule has 15 aromatic rings. The van der Waals surface area contributed by atoms with Gasteiger partial charge in [-0.2, -0.15) is 15.2 Å². The summed E-state index contributed by atoms with van der Waals surface area (Å²) in [6.45, 7) is 62.3. The summed E-state index contributed by atoms with van der Waals surface area (Å²) in [4.78, 5) is 76.5. The van der Waals surface area contributed by atoms with E-state index >= 15 is 0 Å². The fraction of sp³-hybridized carbons (Fsp3) is 0.489. The standard InChI is InChI=1S/2C12H17N3.C12H16N2.C11H16N4.C11H15N3.2C10H14N4.C10H13N3/c1-8-6-15(5)11-9(8)10(12(2,3)4)13-7-14-11;1-8-6-9-10(12(2,3)4)13-7-14-11(9)15(8)5;1-8-7-14-11-10(8)9(5-6-13-11)12(2,3)4;1-7-13-9(11(2,3)4)8-10(14-7)15(5)6-12-8;1-11(2,3)9-8-5-6-14(4)10(8)13-7-12-9;1-10(2,3)8-7-5-13-14(4)9(7)12-6-11-8;1-7-5-8(10(2,3)4)14-9(13-7)11-6-12-14;1-10(2,3)8-7-4-5-11-9(7)13-6-12-8/h2*6-7H,1-5H3;5-7H,1-4H3,(H,13,14);6H,1-5H3;5-7H,1-4H3;2*5-6H,1-4H3;5-6H,4H2,1-3H3. The number of nitrogens with one attached hydrogen (secondary N) is 1. The molecular weight excluding hydrogens is 1420 g/mol. The van der Waals surface area contributed by atoms with Crippen LogP contribution in [0.5, 0.6) is 0 Å². The molecular formula is C88H122N26. The molecule has 0 spiro atoms. The van der Waals surface area contributed by atoms with E-state index < -0.39 is 0 Å². The quantitative estimate of drug-likeness (QED) is 0.148. The maximum atomic E-state index is 4.50. The number of rotatable bonds is 0. The molecule has 15 aromatic heterocycles. The van der Waals surface area contributed by atoms with Crippen molar-refractivity contribution in [2.24, 2.45) is 40.2 Å². The first-order chi connectivity index (χ1) is 52.8. The second kappa shape index (κ2) is 33.2. The van der Waals surface area contributed by atoms with Crippen LogP contribution in [0.25, 0.3) is 72.1 Å². The highest BCUT2D eigenvalue weighted by atomic mass is 15.3. The summed E-state index contributed by atoms with van der Waals surface area (Å²) in [7, 11) is 9.91. The van der Waals surface area contributed by atoms with Crippen LogP contribution in [0.4, 0.5) is 5.82 Å². The Balaban J connectivity index is 0.000000149. The summed E-state index contributed by atoms with van der Waals surface area (Å²) < 4.78 is 11.7. The normalized spacial score (nSPS) is 12.6. The van der Waals surface area contributed by atoms with E-state index in [0.717, 1.165) is 114 Å². The number of H-pyrrole nitrogens is 1. The zero-order valence-corrected chi connectivity index (χ0v) is 74.2. The molecule has 0 aromatic carbocycles. The predicted molar refractivity (Wildman–Crippen MR) is 462 cm³/mol. The van der Waals surface area contributed by atoms with E-state index in [1.54, 1.807) is 47.2 Å². The lowest BCUT2D eigenvalue weighted by Gasteiger charge is -2.20. The molecule has 16 rings (SSSR count). The third kappa shape index (κ3) is 19.9. The van der Waals surface area contributed by atoms with E-state index in [4.69, 9.17) is 0 Å². The maximum Gasteiger partial charge on any atom is 0.252 e. The van der Waals surface area contributed by atoms with Gasteiger partial charge in [0.1, 0.15) is 71.9 Å². The predicted octanol–water partition coefficient (Wildman–Crippen LogP) is 18.0. The Morgan fingerprint density at radius 3 is 1.54 bits per heavy atom. The Bertz CT molecular complexity index is 5770. The minimum atomic E-state index is 0.000301. The Hall–Kier alpha value is -11.1. The van der Waals surface area contributed by atoms with Crippen molar-refractivity contribution in [2.45, 2.75) is 251 Å². The molecule has 0 aliphatic carbocycles. The zero-order chi connectivity index (χ0) is 84.5. The second-order valence-electron chi connectivity index (χ2n) is 37.8. The van der Waals surface area contributed by atoms with Gasteiger partial charge >= 0.3 is 0 Å². The minimum absolute atomic E-state index is 0.000301. The van der Waals surface area contributed by atoms with Gasteiger partial charge in [0, 0.05) is 149 Å². The van der Waals surface area contributed by atoms with Gasteiger partial charge in [-0.25, -0.2) is 84.3 Å². The van der Waals surface area contributed by atoms with Crippen LogP contribution in [0.15, 0.2) is 105 Å². The van der Waals surface area contributed by atoms with Gasteiger partial charge < -0.3 is 23.3 Å². The number of aryl methyl sites for hydroxylation is 10. The van der Waals surface area contributed by atoms with E-state index in [1.165, 1.54) is 50.4 Å². The number of nitrogens with zero attached hydrogens (tertiary/aromatic N) is 25. The molecule has 16 heterocycles. The molecule has 0 fully saturated rings. The van der Waals surface area contributed by atoms with Gasteiger partial charge in [-0.15, -0.1) is 0 Å². The lowest BCUT2D eigenvalue weighted by Crippen LogP contribution is -2.18. The molecule has 26 nitrogen and oxygen atoms in total. The van der Waals surface area contributed by atoms with Crippen LogP contribution in [0, 0.1) is 34.6 Å². The lowest BCUT2D eigenvalue weighted by atomic mass is 9.85. The number of aromatic nitrogens is 25. The van der Waals surface area contributed by atoms with Gasteiger partial charge in [0.05, 0.1) is 57.8 Å². The highest BCUT2D eigenvalue weighted by Crippen LogP contribution is 2.36. The molecule has 0 amide bonds. The highest BCUT2D eigenvalue weighted by molar-refractivity contribution is 5.86. The van der Waals surface area contributed by atoms with Crippen molar-refractivity contribution in [1.82, 2.24) is 122 Å². The summed E-state index contributed by atoms with van der Waals surface area (Å²) in [5.41, 5.74) is 22.3. The van der Waals surface area contributed by atoms with Crippen LogP contribution < -0.4 is 0 Å². The van der Waals surface area contributed by atoms with Crippen LogP contribution >= 0.6 is 0 Å². The number of aromatic amines is 1. The average molecular weight is 1540 g/mol. The third-order valence-electron chi connectivity index (χ3n) is 19.3. The fourth-order valence-electron chi connectivity index (χ4n) is 13.6. The van der Waals surface area contributed by atoms with Crippen molar-refractivity contribution < 1.29 is 0 Å². The van der Waals surface area contributed by atoms with Crippen LogP contribution in [0.2, 0.25) is 0 Å². The van der Waals surface area contributed by atoms with Crippen molar-refractivity contribution >= 4 is 84.1 Å². The number of aliphatic imine (C=N–C) groups is 1. The van der Waals surface area contributed by atoms with E-state index in [0.29, 0.717) is 5.78 Å². The molecule has 1 aliphatic rings. The maximum absolute atomic E-state index is 4.50. The van der Waals surface area contributed by atoms with Crippen LogP contribution in [0.1, 0.15) is 245 Å². The Kier molecular flexibility index (Phi) is 25.3. The third-order valence-corrected chi connectivity index (χ3v) is 19.3. The van der Waals surface area contributed by atoms with Gasteiger partial charge in [-0.1, -0.05) is 166 Å². The summed E-state index contributed by atoms with van der Waals surface area (Å²) in [5.74, 6) is 2.32. The molecule has 0 saturated heterocycles. The monoisotopic (exact) mass is 1540 g/mol. The molecule has 0 radical (unpaired) electrons. The van der Waals surface area contributed by atoms with Crippen molar-refractivity contribution in [1.29, 1.82) is 0 Å². The topological polar surface area (TPSA) is 289 Å². The minimum Gasteiger partial charge on any atom is -0.346 e. The van der Waals surface area contributed by atoms with Gasteiger partial charge in [0.25, 0.3) is 5.78 Å². The summed E-state index contributed by atoms with van der Waals surface area (Å²) in [6.07, 6.45) is 24.1. The molecule has 114 heavy (non-hydrogen) atoms. The number of imidazole rings is 1. The SMILES string of the molecule is CC(C)(C)c1ncnc2c1CC=N2.Cc1c[nH]c2nccc(C(C)(C)C)c12.Cc1cc(C(C)(C)C)n2ncnc2n1.Cc1cc2c(C(C)(C)C)ncnc2n1C.Cc1cn(C)c2ncnc(C(C)(C)C)c12.Cc1nc(C(C)(C)C)c2ncn(C)c2n1.Cn1ccc2c(C(C)(C)C)ncnc21.Cn1ncc2c(C(C)(C)C)ncnc21. The zero-order valence-electron chi connectivity index (χ0n) is 74.2. The molecule has 0 unspecified atom stereocenters. The highest BCUT2D eigenvalue weighted by Gasteiger charge is 2.28. The Labute approximate surface area is 672 Å². The summed E-state index contributed by atoms with van der Waals surface area (Å²) in [6, 6.07) is 8.41. The van der Waals surface area contributed by atoms with Gasteiger partial charge in [0.15, 0.2) is 17.1 Å². The van der Waals surface area contributed by atoms with Crippen molar-refractivity contribution in [3.05, 3.63) is 179 Å². The first kappa shape index (κ1) is 86.9. The number of hydrogen-bond donors (Lipinski definition) is 1. The summed E-state index contributed by atoms with van der Waals surface area (Å²) in [5, 5.41) is 14.2. The van der Waals surface area contributed by atoms with Crippen LogP contribution in [0.3, 0.4) is 0 Å². The Morgan fingerprint density at radius 2 is 0.956 bits per heavy atom. The van der Waals surface area contributed by atoms with Crippen molar-refractivity contribution in [3.63, 3.8) is 0 Å². The van der Waals surface area contributed by atoms with Gasteiger partial charge in [0.2, 0.25) is 0 Å². The first-order valence-corrected chi connectivity index (χ1v) is 38.9. The van der Waals surface area contributed by atoms with Crippen LogP contribution in [-0.2, 0) is 85.0 Å². The Morgan fingerprint density at radius 1 is 0.412 bits per heavy atom. The molecule has 1 aliphatic heterocycles. The number of fused-ring (bicyclic) bond motifs is 8. The smallest absolute Gasteiger partial charge is 0.252 e. The number of hydrogen-bond acceptors (Lipinski definition) is 19. The lowest BCUT2D eigenvalue weighted by molar-refractivity contribution is 0.545. The average Bonchev–Trinajstić information content (AvgIpc) is 1.11. The molecule has 0 bridgehead atoms. The van der Waals surface area contributed by atoms with Gasteiger partial charge in [-0.3, -0.25) is 4.68 Å². The molecule has 0 saturated carbocycles.